The molecule has 0 spiro atoms. The number of amides is 1. The minimum Gasteiger partial charge on any atom is -0.336 e. The van der Waals surface area contributed by atoms with Gasteiger partial charge < -0.3 is 5.32 Å². The van der Waals surface area contributed by atoms with E-state index in [0.717, 1.165) is 0 Å². The monoisotopic (exact) mass is 246 g/mol. The molecule has 5 heteroatoms. The molecule has 0 fully saturated rings. The zero-order valence-electron chi connectivity index (χ0n) is 10.5. The number of carbonyl (C=O) groups is 1. The Kier molecular flexibility index (Phi) is 3.72. The number of nitrogens with one attached hydrogen (secondary N) is 1. The molecule has 18 heavy (non-hydrogen) atoms. The highest BCUT2D eigenvalue weighted by atomic mass is 16.6. The van der Waals surface area contributed by atoms with Gasteiger partial charge in [-0.1, -0.05) is 5.92 Å². The van der Waals surface area contributed by atoms with Crippen molar-refractivity contribution in [3.63, 3.8) is 0 Å². The quantitative estimate of drug-likeness (QED) is 0.504. The summed E-state index contributed by atoms with van der Waals surface area (Å²) in [7, 11) is 0. The lowest BCUT2D eigenvalue weighted by Crippen LogP contribution is -2.42. The molecule has 1 aromatic rings. The Bertz CT molecular complexity index is 542. The first-order valence-electron chi connectivity index (χ1n) is 5.31. The van der Waals surface area contributed by atoms with Crippen LogP contribution in [-0.2, 0) is 0 Å². The molecule has 1 rings (SSSR count). The second-order valence-corrected chi connectivity index (χ2v) is 4.54. The maximum absolute atomic E-state index is 11.9. The van der Waals surface area contributed by atoms with Crippen LogP contribution < -0.4 is 5.32 Å². The van der Waals surface area contributed by atoms with E-state index in [1.54, 1.807) is 26.8 Å². The van der Waals surface area contributed by atoms with Gasteiger partial charge in [-0.3, -0.25) is 14.9 Å². The van der Waals surface area contributed by atoms with Crippen LogP contribution in [0, 0.1) is 29.4 Å². The predicted octanol–water partition coefficient (Wildman–Crippen LogP) is 2.04. The Balaban J connectivity index is 3.08. The molecule has 0 bridgehead atoms. The van der Waals surface area contributed by atoms with Crippen LogP contribution in [0.4, 0.5) is 5.69 Å². The van der Waals surface area contributed by atoms with E-state index in [0.29, 0.717) is 5.56 Å². The number of nitro groups is 1. The van der Waals surface area contributed by atoms with Gasteiger partial charge in [-0.05, 0) is 32.4 Å². The average molecular weight is 246 g/mol. The summed E-state index contributed by atoms with van der Waals surface area (Å²) in [4.78, 5) is 22.1. The summed E-state index contributed by atoms with van der Waals surface area (Å²) in [6.45, 7) is 5.04. The van der Waals surface area contributed by atoms with Crippen molar-refractivity contribution < 1.29 is 9.72 Å². The Labute approximate surface area is 105 Å². The van der Waals surface area contributed by atoms with Crippen molar-refractivity contribution in [2.45, 2.75) is 26.3 Å². The molecule has 0 unspecified atom stereocenters. The number of nitrogens with zero attached hydrogens (tertiary/aromatic N) is 1. The lowest BCUT2D eigenvalue weighted by molar-refractivity contribution is -0.384. The fourth-order valence-electron chi connectivity index (χ4n) is 1.39. The van der Waals surface area contributed by atoms with E-state index in [1.165, 1.54) is 12.1 Å². The second kappa shape index (κ2) is 4.88. The molecule has 0 heterocycles. The van der Waals surface area contributed by atoms with Gasteiger partial charge in [0.15, 0.2) is 0 Å². The third-order valence-electron chi connectivity index (χ3n) is 2.32. The van der Waals surface area contributed by atoms with E-state index in [4.69, 9.17) is 6.42 Å². The van der Waals surface area contributed by atoms with Crippen molar-refractivity contribution in [2.24, 2.45) is 0 Å². The normalized spacial score (nSPS) is 10.6. The zero-order valence-corrected chi connectivity index (χ0v) is 10.5. The van der Waals surface area contributed by atoms with Crippen molar-refractivity contribution in [1.29, 1.82) is 0 Å². The summed E-state index contributed by atoms with van der Waals surface area (Å²) in [6, 6.07) is 4.22. The third-order valence-corrected chi connectivity index (χ3v) is 2.32. The van der Waals surface area contributed by atoms with Gasteiger partial charge in [0.2, 0.25) is 0 Å². The second-order valence-electron chi connectivity index (χ2n) is 4.54. The minimum absolute atomic E-state index is 0.112. The van der Waals surface area contributed by atoms with Crippen LogP contribution in [0.5, 0.6) is 0 Å². The van der Waals surface area contributed by atoms with E-state index in [9.17, 15) is 14.9 Å². The lowest BCUT2D eigenvalue weighted by atomic mass is 10.0. The summed E-state index contributed by atoms with van der Waals surface area (Å²) in [5, 5.41) is 13.3. The molecule has 0 saturated carbocycles. The molecular weight excluding hydrogens is 232 g/mol. The van der Waals surface area contributed by atoms with E-state index in [-0.39, 0.29) is 11.3 Å². The Morgan fingerprint density at radius 3 is 2.56 bits per heavy atom. The summed E-state index contributed by atoms with van der Waals surface area (Å²) < 4.78 is 0. The van der Waals surface area contributed by atoms with Crippen LogP contribution in [0.2, 0.25) is 0 Å². The molecular formula is C13H14N2O3. The maximum Gasteiger partial charge on any atom is 0.270 e. The molecule has 1 N–H and O–H groups in total. The number of hydrogen-bond acceptors (Lipinski definition) is 3. The van der Waals surface area contributed by atoms with Crippen molar-refractivity contribution >= 4 is 11.6 Å². The molecule has 0 aliphatic heterocycles. The van der Waals surface area contributed by atoms with Crippen LogP contribution in [0.3, 0.4) is 0 Å². The highest BCUT2D eigenvalue weighted by Gasteiger charge is 2.20. The van der Waals surface area contributed by atoms with Gasteiger partial charge in [0.25, 0.3) is 11.6 Å². The highest BCUT2D eigenvalue weighted by molar-refractivity contribution is 5.95. The molecule has 1 aromatic carbocycles. The molecule has 0 saturated heterocycles. The zero-order chi connectivity index (χ0) is 13.9. The van der Waals surface area contributed by atoms with Gasteiger partial charge >= 0.3 is 0 Å². The first kappa shape index (κ1) is 13.7. The molecule has 0 radical (unpaired) electrons. The van der Waals surface area contributed by atoms with Crippen LogP contribution in [0.1, 0.15) is 29.8 Å². The number of non-ortho nitro benzene ring substituents is 1. The van der Waals surface area contributed by atoms with E-state index in [2.05, 4.69) is 11.2 Å². The van der Waals surface area contributed by atoms with Crippen molar-refractivity contribution in [3.8, 4) is 12.3 Å². The van der Waals surface area contributed by atoms with Gasteiger partial charge in [-0.25, -0.2) is 0 Å². The van der Waals surface area contributed by atoms with Gasteiger partial charge in [0, 0.05) is 17.7 Å². The number of carbonyl (C=O) groups excluding carboxylic acids is 1. The average Bonchev–Trinajstić information content (AvgIpc) is 2.27. The van der Waals surface area contributed by atoms with Crippen molar-refractivity contribution in [3.05, 3.63) is 39.4 Å². The highest BCUT2D eigenvalue weighted by Crippen LogP contribution is 2.17. The van der Waals surface area contributed by atoms with Crippen LogP contribution in [0.15, 0.2) is 18.2 Å². The van der Waals surface area contributed by atoms with Crippen LogP contribution >= 0.6 is 0 Å². The van der Waals surface area contributed by atoms with Crippen molar-refractivity contribution in [2.75, 3.05) is 0 Å². The maximum atomic E-state index is 11.9. The van der Waals surface area contributed by atoms with E-state index >= 15 is 0 Å². The smallest absolute Gasteiger partial charge is 0.270 e. The lowest BCUT2D eigenvalue weighted by Gasteiger charge is -2.19. The predicted molar refractivity (Wildman–Crippen MR) is 68.2 cm³/mol. The van der Waals surface area contributed by atoms with Gasteiger partial charge in [0.1, 0.15) is 0 Å². The number of hydrogen-bond donors (Lipinski definition) is 1. The first-order chi connectivity index (χ1) is 8.25. The minimum atomic E-state index is -0.796. The standard InChI is InChI=1S/C13H14N2O3/c1-5-13(3,4)14-12(16)10-6-9(2)7-11(8-10)15(17)18/h1,6-8H,2-4H3,(H,14,16). The summed E-state index contributed by atoms with van der Waals surface area (Å²) in [6.07, 6.45) is 5.27. The molecule has 0 aromatic heterocycles. The fourth-order valence-corrected chi connectivity index (χ4v) is 1.39. The Hall–Kier alpha value is -2.35. The van der Waals surface area contributed by atoms with E-state index in [1.807, 2.05) is 0 Å². The molecule has 94 valence electrons. The molecule has 0 atom stereocenters. The van der Waals surface area contributed by atoms with E-state index < -0.39 is 16.4 Å². The Morgan fingerprint density at radius 1 is 1.44 bits per heavy atom. The molecule has 0 aliphatic rings. The summed E-state index contributed by atoms with van der Waals surface area (Å²) in [5.74, 6) is 2.00. The molecule has 5 nitrogen and oxygen atoms in total. The van der Waals surface area contributed by atoms with Crippen LogP contribution in [-0.4, -0.2) is 16.4 Å². The fraction of sp³-hybridized carbons (Fsp3) is 0.308. The number of terminal acetylenes is 1. The molecule has 0 aliphatic carbocycles. The topological polar surface area (TPSA) is 72.2 Å². The third kappa shape index (κ3) is 3.32. The van der Waals surface area contributed by atoms with Crippen LogP contribution in [0.25, 0.3) is 0 Å². The molecule has 1 amide bonds. The number of nitro benzene ring substituents is 1. The largest absolute Gasteiger partial charge is 0.336 e. The van der Waals surface area contributed by atoms with Gasteiger partial charge in [-0.2, -0.15) is 0 Å². The number of aryl methyl sites for hydroxylation is 1. The Morgan fingerprint density at radius 2 is 2.06 bits per heavy atom. The SMILES string of the molecule is C#CC(C)(C)NC(=O)c1cc(C)cc([N+](=O)[O-])c1. The summed E-state index contributed by atoms with van der Waals surface area (Å²) in [5.41, 5.74) is -0.0353. The first-order valence-corrected chi connectivity index (χ1v) is 5.31. The number of benzene rings is 1. The van der Waals surface area contributed by atoms with Gasteiger partial charge in [0.05, 0.1) is 10.5 Å². The van der Waals surface area contributed by atoms with Gasteiger partial charge in [-0.15, -0.1) is 6.42 Å². The number of rotatable bonds is 3. The van der Waals surface area contributed by atoms with Crippen molar-refractivity contribution in [1.82, 2.24) is 5.32 Å². The summed E-state index contributed by atoms with van der Waals surface area (Å²) >= 11 is 0.